The van der Waals surface area contributed by atoms with E-state index in [-0.39, 0.29) is 23.2 Å². The molecule has 0 saturated heterocycles. The van der Waals surface area contributed by atoms with Crippen LogP contribution >= 0.6 is 0 Å². The molecule has 1 aromatic heterocycles. The quantitative estimate of drug-likeness (QED) is 0.392. The van der Waals surface area contributed by atoms with Crippen molar-refractivity contribution >= 4 is 17.5 Å². The first-order valence-electron chi connectivity index (χ1n) is 13.6. The van der Waals surface area contributed by atoms with Gasteiger partial charge >= 0.3 is 0 Å². The smallest absolute Gasteiger partial charge is 0.269 e. The van der Waals surface area contributed by atoms with Gasteiger partial charge in [0.15, 0.2) is 5.82 Å². The molecule has 3 fully saturated rings. The number of nitro benzene ring substituents is 1. The molecule has 8 nitrogen and oxygen atoms in total. The zero-order chi connectivity index (χ0) is 24.0. The second-order valence-corrected chi connectivity index (χ2v) is 11.1. The normalized spacial score (nSPS) is 26.2. The molecule has 0 N–H and O–H groups in total. The van der Waals surface area contributed by atoms with E-state index in [1.165, 1.54) is 57.1 Å². The minimum atomic E-state index is -0.424. The highest BCUT2D eigenvalue weighted by Gasteiger charge is 2.55. The molecule has 2 aromatic rings. The summed E-state index contributed by atoms with van der Waals surface area (Å²) in [7, 11) is 0. The summed E-state index contributed by atoms with van der Waals surface area (Å²) in [6.07, 6.45) is 16.3. The summed E-state index contributed by atoms with van der Waals surface area (Å²) in [6.45, 7) is 0. The van der Waals surface area contributed by atoms with E-state index < -0.39 is 4.92 Å². The number of amides is 1. The van der Waals surface area contributed by atoms with Crippen molar-refractivity contribution in [3.63, 3.8) is 0 Å². The van der Waals surface area contributed by atoms with Crippen LogP contribution in [0, 0.1) is 16.0 Å². The molecule has 1 amide bonds. The lowest BCUT2D eigenvalue weighted by Gasteiger charge is -2.55. The van der Waals surface area contributed by atoms with Crippen LogP contribution in [0.15, 0.2) is 24.3 Å². The van der Waals surface area contributed by atoms with Gasteiger partial charge < -0.3 is 0 Å². The first-order chi connectivity index (χ1) is 17.1. The number of aromatic nitrogens is 3. The van der Waals surface area contributed by atoms with Gasteiger partial charge in [-0.15, -0.1) is 0 Å². The van der Waals surface area contributed by atoms with Crippen LogP contribution in [0.5, 0.6) is 0 Å². The molecule has 3 aliphatic carbocycles. The summed E-state index contributed by atoms with van der Waals surface area (Å²) < 4.78 is 2.20. The van der Waals surface area contributed by atoms with Gasteiger partial charge in [-0.25, -0.2) is 4.68 Å². The van der Waals surface area contributed by atoms with Crippen LogP contribution in [0.1, 0.15) is 112 Å². The highest BCUT2D eigenvalue weighted by atomic mass is 16.6. The number of nitro groups is 1. The van der Waals surface area contributed by atoms with Crippen LogP contribution < -0.4 is 4.90 Å². The third kappa shape index (κ3) is 3.76. The van der Waals surface area contributed by atoms with E-state index in [9.17, 15) is 14.9 Å². The summed E-state index contributed by atoms with van der Waals surface area (Å²) in [5.74, 6) is 2.29. The van der Waals surface area contributed by atoms with Crippen molar-refractivity contribution < 1.29 is 9.72 Å². The molecule has 35 heavy (non-hydrogen) atoms. The highest BCUT2D eigenvalue weighted by molar-refractivity contribution is 6.06. The second-order valence-electron chi connectivity index (χ2n) is 11.1. The summed E-state index contributed by atoms with van der Waals surface area (Å²) >= 11 is 0. The van der Waals surface area contributed by atoms with Gasteiger partial charge in [0, 0.05) is 35.6 Å². The highest BCUT2D eigenvalue weighted by Crippen LogP contribution is 2.53. The fourth-order valence-corrected chi connectivity index (χ4v) is 7.51. The Labute approximate surface area is 206 Å². The SMILES string of the molecule is O=C(c1ccc([N+](=O)[O-])cc1)N1c2nc(C3CCCCC3)nn2C2(CCCCC2)C2CCCCC21. The monoisotopic (exact) mass is 477 g/mol. The Morgan fingerprint density at radius 3 is 2.29 bits per heavy atom. The average molecular weight is 478 g/mol. The number of hydrogen-bond donors (Lipinski definition) is 0. The molecule has 1 aromatic carbocycles. The maximum Gasteiger partial charge on any atom is 0.269 e. The molecule has 0 bridgehead atoms. The lowest BCUT2D eigenvalue weighted by Crippen LogP contribution is -2.61. The molecule has 2 heterocycles. The Morgan fingerprint density at radius 2 is 1.57 bits per heavy atom. The van der Waals surface area contributed by atoms with Crippen molar-refractivity contribution in [3.05, 3.63) is 45.8 Å². The van der Waals surface area contributed by atoms with Gasteiger partial charge in [-0.3, -0.25) is 19.8 Å². The van der Waals surface area contributed by atoms with Crippen LogP contribution in [0.3, 0.4) is 0 Å². The van der Waals surface area contributed by atoms with Crippen molar-refractivity contribution in [1.29, 1.82) is 0 Å². The number of fused-ring (bicyclic) bond motifs is 4. The van der Waals surface area contributed by atoms with Crippen LogP contribution in [0.4, 0.5) is 11.6 Å². The van der Waals surface area contributed by atoms with Crippen molar-refractivity contribution in [1.82, 2.24) is 14.8 Å². The van der Waals surface area contributed by atoms with Gasteiger partial charge in [-0.1, -0.05) is 51.4 Å². The van der Waals surface area contributed by atoms with Crippen LogP contribution in [0.2, 0.25) is 0 Å². The topological polar surface area (TPSA) is 94.2 Å². The van der Waals surface area contributed by atoms with Crippen molar-refractivity contribution in [3.8, 4) is 0 Å². The fourth-order valence-electron chi connectivity index (χ4n) is 7.51. The largest absolute Gasteiger partial charge is 0.273 e. The molecular formula is C27H35N5O3. The number of benzene rings is 1. The van der Waals surface area contributed by atoms with Crippen molar-refractivity contribution in [2.24, 2.45) is 5.92 Å². The summed E-state index contributed by atoms with van der Waals surface area (Å²) in [4.78, 5) is 31.8. The van der Waals surface area contributed by atoms with E-state index in [0.29, 0.717) is 17.4 Å². The number of nitrogens with zero attached hydrogens (tertiary/aromatic N) is 5. The number of non-ortho nitro benzene ring substituents is 1. The number of hydrogen-bond acceptors (Lipinski definition) is 5. The predicted octanol–water partition coefficient (Wildman–Crippen LogP) is 6.11. The van der Waals surface area contributed by atoms with Gasteiger partial charge in [0.05, 0.1) is 10.5 Å². The van der Waals surface area contributed by atoms with Gasteiger partial charge in [-0.05, 0) is 50.7 Å². The minimum Gasteiger partial charge on any atom is -0.273 e. The third-order valence-electron chi connectivity index (χ3n) is 9.23. The zero-order valence-electron chi connectivity index (χ0n) is 20.4. The average Bonchev–Trinajstić information content (AvgIpc) is 3.36. The number of carbonyl (C=O) groups is 1. The van der Waals surface area contributed by atoms with E-state index >= 15 is 0 Å². The third-order valence-corrected chi connectivity index (χ3v) is 9.23. The van der Waals surface area contributed by atoms with E-state index in [1.807, 2.05) is 4.90 Å². The molecule has 3 saturated carbocycles. The van der Waals surface area contributed by atoms with Gasteiger partial charge in [0.2, 0.25) is 5.95 Å². The molecule has 186 valence electrons. The van der Waals surface area contributed by atoms with E-state index in [4.69, 9.17) is 10.1 Å². The minimum absolute atomic E-state index is 0.000327. The van der Waals surface area contributed by atoms with Crippen LogP contribution in [-0.4, -0.2) is 31.6 Å². The lowest BCUT2D eigenvalue weighted by atomic mass is 9.64. The molecule has 2 unspecified atom stereocenters. The molecule has 4 aliphatic rings. The lowest BCUT2D eigenvalue weighted by molar-refractivity contribution is -0.384. The predicted molar refractivity (Wildman–Crippen MR) is 133 cm³/mol. The first-order valence-corrected chi connectivity index (χ1v) is 13.6. The van der Waals surface area contributed by atoms with Crippen molar-refractivity contribution in [2.45, 2.75) is 107 Å². The maximum atomic E-state index is 14.0. The Balaban J connectivity index is 1.46. The van der Waals surface area contributed by atoms with Crippen LogP contribution in [-0.2, 0) is 5.54 Å². The second kappa shape index (κ2) is 9.03. The fraction of sp³-hybridized carbons (Fsp3) is 0.667. The van der Waals surface area contributed by atoms with Gasteiger partial charge in [-0.2, -0.15) is 10.1 Å². The number of rotatable bonds is 3. The number of anilines is 1. The summed E-state index contributed by atoms with van der Waals surface area (Å²) in [6, 6.07) is 6.14. The molecule has 0 radical (unpaired) electrons. The summed E-state index contributed by atoms with van der Waals surface area (Å²) in [5.41, 5.74) is 0.443. The Bertz CT molecular complexity index is 1100. The van der Waals surface area contributed by atoms with Gasteiger partial charge in [0.25, 0.3) is 11.6 Å². The zero-order valence-corrected chi connectivity index (χ0v) is 20.4. The standard InChI is InChI=1S/C27H35N5O3/c33-25(20-13-15-21(16-14-20)32(34)35)30-23-12-6-5-11-22(23)27(17-7-2-8-18-27)31-26(30)28-24(29-31)19-9-3-1-4-10-19/h13-16,19,22-23H,1-12,17-18H2. The Kier molecular flexibility index (Phi) is 5.85. The number of carbonyl (C=O) groups excluding carboxylic acids is 1. The molecule has 8 heteroatoms. The Hall–Kier alpha value is -2.77. The molecule has 2 atom stereocenters. The molecule has 6 rings (SSSR count). The summed E-state index contributed by atoms with van der Waals surface area (Å²) in [5, 5.41) is 16.4. The maximum absolute atomic E-state index is 14.0. The van der Waals surface area contributed by atoms with Crippen molar-refractivity contribution in [2.75, 3.05) is 4.90 Å². The van der Waals surface area contributed by atoms with E-state index in [1.54, 1.807) is 12.1 Å². The van der Waals surface area contributed by atoms with Gasteiger partial charge in [0.1, 0.15) is 0 Å². The van der Waals surface area contributed by atoms with E-state index in [2.05, 4.69) is 4.68 Å². The first kappa shape index (κ1) is 22.7. The molecule has 1 aliphatic heterocycles. The van der Waals surface area contributed by atoms with Crippen LogP contribution in [0.25, 0.3) is 0 Å². The Morgan fingerprint density at radius 1 is 0.914 bits per heavy atom. The molecule has 1 spiro atoms. The van der Waals surface area contributed by atoms with E-state index in [0.717, 1.165) is 56.7 Å². The molecular weight excluding hydrogens is 442 g/mol.